The third kappa shape index (κ3) is 11.6. The number of nitrogens with zero attached hydrogens (tertiary/aromatic N) is 1. The molecule has 0 saturated heterocycles. The summed E-state index contributed by atoms with van der Waals surface area (Å²) in [4.78, 5) is 46.7. The van der Waals surface area contributed by atoms with Crippen molar-refractivity contribution in [1.29, 1.82) is 0 Å². The van der Waals surface area contributed by atoms with Gasteiger partial charge in [0.05, 0.1) is 17.8 Å². The van der Waals surface area contributed by atoms with E-state index < -0.39 is 36.1 Å². The van der Waals surface area contributed by atoms with E-state index in [-0.39, 0.29) is 47.4 Å². The van der Waals surface area contributed by atoms with Crippen molar-refractivity contribution in [3.63, 3.8) is 0 Å². The van der Waals surface area contributed by atoms with Gasteiger partial charge in [-0.25, -0.2) is 9.59 Å². The quantitative estimate of drug-likeness (QED) is 0.233. The number of fused-ring (bicyclic) bond motifs is 1. The van der Waals surface area contributed by atoms with Gasteiger partial charge in [-0.05, 0) is 25.3 Å². The average Bonchev–Trinajstić information content (AvgIpc) is 2.91. The van der Waals surface area contributed by atoms with Gasteiger partial charge in [-0.3, -0.25) is 9.63 Å². The van der Waals surface area contributed by atoms with Crippen LogP contribution >= 0.6 is 11.6 Å². The summed E-state index contributed by atoms with van der Waals surface area (Å²) in [5, 5.41) is 24.6. The van der Waals surface area contributed by atoms with Gasteiger partial charge in [-0.1, -0.05) is 49.7 Å². The highest BCUT2D eigenvalue weighted by Crippen LogP contribution is 2.37. The summed E-state index contributed by atoms with van der Waals surface area (Å²) in [5.41, 5.74) is 3.04. The van der Waals surface area contributed by atoms with Gasteiger partial charge in [0.2, 0.25) is 6.61 Å². The predicted octanol–water partition coefficient (Wildman–Crippen LogP) is 4.41. The van der Waals surface area contributed by atoms with Crippen molar-refractivity contribution < 1.29 is 43.7 Å². The molecular formula is C27H39ClN2O9. The summed E-state index contributed by atoms with van der Waals surface area (Å²) in [7, 11) is 1.21. The van der Waals surface area contributed by atoms with Crippen LogP contribution in [0, 0.1) is 0 Å². The number of rotatable bonds is 8. The fourth-order valence-electron chi connectivity index (χ4n) is 3.48. The molecule has 12 heteroatoms. The Hall–Kier alpha value is -3.15. The van der Waals surface area contributed by atoms with E-state index in [4.69, 9.17) is 26.0 Å². The van der Waals surface area contributed by atoms with E-state index in [9.17, 15) is 24.6 Å². The third-order valence-electron chi connectivity index (χ3n) is 5.49. The summed E-state index contributed by atoms with van der Waals surface area (Å²) in [6, 6.07) is 0.610. The molecule has 39 heavy (non-hydrogen) atoms. The molecule has 1 aromatic rings. The molecule has 1 heterocycles. The van der Waals surface area contributed by atoms with Crippen molar-refractivity contribution in [2.24, 2.45) is 5.16 Å². The van der Waals surface area contributed by atoms with Crippen molar-refractivity contribution >= 4 is 35.0 Å². The summed E-state index contributed by atoms with van der Waals surface area (Å²) >= 11 is 6.35. The molecule has 0 aromatic heterocycles. The lowest BCUT2D eigenvalue weighted by Gasteiger charge is -2.21. The topological polar surface area (TPSA) is 153 Å². The molecule has 0 amide bonds. The molecule has 3 N–H and O–H groups in total. The second-order valence-corrected chi connectivity index (χ2v) is 8.84. The maximum absolute atomic E-state index is 13.0. The number of halogens is 1. The molecule has 0 fully saturated rings. The second-order valence-electron chi connectivity index (χ2n) is 8.47. The van der Waals surface area contributed by atoms with Gasteiger partial charge in [-0.2, -0.15) is 5.48 Å². The van der Waals surface area contributed by atoms with Crippen LogP contribution in [0.15, 0.2) is 23.4 Å². The largest absolute Gasteiger partial charge is 0.507 e. The highest BCUT2D eigenvalue weighted by Gasteiger charge is 2.27. The van der Waals surface area contributed by atoms with Gasteiger partial charge in [-0.15, -0.1) is 0 Å². The molecule has 0 radical (unpaired) electrons. The van der Waals surface area contributed by atoms with E-state index in [0.717, 1.165) is 6.07 Å². The van der Waals surface area contributed by atoms with Crippen LogP contribution in [-0.4, -0.2) is 66.1 Å². The lowest BCUT2D eigenvalue weighted by Crippen LogP contribution is -2.34. The molecule has 218 valence electrons. The minimum absolute atomic E-state index is 0.0743. The molecule has 2 atom stereocenters. The number of benzene rings is 1. The number of carbonyl (C=O) groups is 3. The molecule has 0 bridgehead atoms. The summed E-state index contributed by atoms with van der Waals surface area (Å²) in [6.45, 7) is 6.87. The van der Waals surface area contributed by atoms with Crippen LogP contribution in [0.5, 0.6) is 11.5 Å². The van der Waals surface area contributed by atoms with Crippen LogP contribution in [0.3, 0.4) is 0 Å². The van der Waals surface area contributed by atoms with E-state index in [1.54, 1.807) is 13.8 Å². The normalized spacial score (nSPS) is 19.9. The summed E-state index contributed by atoms with van der Waals surface area (Å²) in [5.74, 6) is -2.50. The summed E-state index contributed by atoms with van der Waals surface area (Å²) in [6.07, 6.45) is 5.36. The van der Waals surface area contributed by atoms with Crippen LogP contribution < -0.4 is 5.48 Å². The Kier molecular flexibility index (Phi) is 15.8. The smallest absolute Gasteiger partial charge is 0.346 e. The minimum Gasteiger partial charge on any atom is -0.507 e. The van der Waals surface area contributed by atoms with Gasteiger partial charge >= 0.3 is 11.9 Å². The molecule has 1 aromatic carbocycles. The Morgan fingerprint density at radius 2 is 1.92 bits per heavy atom. The van der Waals surface area contributed by atoms with Gasteiger partial charge in [0.25, 0.3) is 0 Å². The molecular weight excluding hydrogens is 532 g/mol. The number of phenols is 2. The highest BCUT2D eigenvalue weighted by molar-refractivity contribution is 6.33. The van der Waals surface area contributed by atoms with Crippen LogP contribution in [0.2, 0.25) is 5.02 Å². The zero-order chi connectivity index (χ0) is 29.4. The Labute approximate surface area is 234 Å². The number of phenolic OH excluding ortho intramolecular Hbond substituents is 2. The predicted molar refractivity (Wildman–Crippen MR) is 146 cm³/mol. The zero-order valence-electron chi connectivity index (χ0n) is 23.1. The number of oxime groups is 1. The van der Waals surface area contributed by atoms with Crippen LogP contribution in [0.25, 0.3) is 0 Å². The maximum Gasteiger partial charge on any atom is 0.346 e. The number of cyclic esters (lactones) is 1. The highest BCUT2D eigenvalue weighted by atomic mass is 35.5. The number of nitrogens with one attached hydrogen (secondary N) is 1. The second kappa shape index (κ2) is 18.2. The van der Waals surface area contributed by atoms with Gasteiger partial charge in [0.1, 0.15) is 29.8 Å². The number of hydrogen-bond donors (Lipinski definition) is 3. The number of aromatic hydroxyl groups is 2. The Balaban J connectivity index is 0.00000371. The third-order valence-corrected chi connectivity index (χ3v) is 5.92. The number of ketones is 1. The Morgan fingerprint density at radius 1 is 1.21 bits per heavy atom. The molecule has 0 aliphatic carbocycles. The number of hydrogen-bond acceptors (Lipinski definition) is 11. The molecule has 2 unspecified atom stereocenters. The lowest BCUT2D eigenvalue weighted by molar-refractivity contribution is -0.145. The number of esters is 2. The molecule has 0 spiro atoms. The SMILES string of the molecule is CC.CCC(=O)CONC1CC/C=C/CC(C)OC(=O)c2c(O)cc(O)c(Cl)c2C/C(=N/OCC(=O)OC)C1. The molecule has 1 aliphatic rings. The number of Topliss-reactive ketones (excluding diaryl/α,β-unsaturated/α-hetero) is 1. The van der Waals surface area contributed by atoms with Gasteiger partial charge < -0.3 is 24.5 Å². The van der Waals surface area contributed by atoms with E-state index in [0.29, 0.717) is 31.4 Å². The molecule has 11 nitrogen and oxygen atoms in total. The fraction of sp³-hybridized carbons (Fsp3) is 0.556. The van der Waals surface area contributed by atoms with Crippen molar-refractivity contribution in [2.45, 2.75) is 78.4 Å². The average molecular weight is 571 g/mol. The monoisotopic (exact) mass is 570 g/mol. The van der Waals surface area contributed by atoms with Crippen molar-refractivity contribution in [3.05, 3.63) is 34.4 Å². The molecule has 0 saturated carbocycles. The molecule has 2 rings (SSSR count). The van der Waals surface area contributed by atoms with Crippen LogP contribution in [-0.2, 0) is 35.2 Å². The maximum atomic E-state index is 13.0. The first-order chi connectivity index (χ1) is 18.7. The first kappa shape index (κ1) is 33.9. The first-order valence-corrected chi connectivity index (χ1v) is 13.3. The Morgan fingerprint density at radius 3 is 2.59 bits per heavy atom. The van der Waals surface area contributed by atoms with Crippen molar-refractivity contribution in [3.8, 4) is 11.5 Å². The Bertz CT molecular complexity index is 1030. The number of hydroxylamine groups is 1. The van der Waals surface area contributed by atoms with E-state index in [1.807, 2.05) is 26.0 Å². The van der Waals surface area contributed by atoms with Crippen molar-refractivity contribution in [1.82, 2.24) is 5.48 Å². The van der Waals surface area contributed by atoms with Crippen molar-refractivity contribution in [2.75, 3.05) is 20.3 Å². The first-order valence-electron chi connectivity index (χ1n) is 12.9. The standard InChI is InChI=1S/C25H33ClN2O9.C2H6/c1-4-18(29)13-35-27-16-9-7-5-6-8-15(2)37-25(33)23-19(24(26)21(31)12-20(23)30)11-17(10-16)28-36-14-22(32)34-3;1-2/h5-6,12,15-16,27,30-31H,4,7-11,13-14H2,1-3H3;1-2H3/b6-5+,28-17+;. The fourth-order valence-corrected chi connectivity index (χ4v) is 3.70. The molecule has 1 aliphatic heterocycles. The number of allylic oxidation sites excluding steroid dienone is 1. The van der Waals surface area contributed by atoms with Gasteiger partial charge in [0, 0.05) is 37.8 Å². The number of methoxy groups -OCH3 is 1. The zero-order valence-corrected chi connectivity index (χ0v) is 23.9. The minimum atomic E-state index is -0.821. The lowest BCUT2D eigenvalue weighted by atomic mass is 9.95. The van der Waals surface area contributed by atoms with Crippen LogP contribution in [0.4, 0.5) is 0 Å². The van der Waals surface area contributed by atoms with Gasteiger partial charge in [0.15, 0.2) is 5.78 Å². The van der Waals surface area contributed by atoms with E-state index >= 15 is 0 Å². The van der Waals surface area contributed by atoms with Crippen LogP contribution in [0.1, 0.15) is 75.7 Å². The summed E-state index contributed by atoms with van der Waals surface area (Å²) < 4.78 is 10.0. The van der Waals surface area contributed by atoms with E-state index in [1.165, 1.54) is 7.11 Å². The van der Waals surface area contributed by atoms with E-state index in [2.05, 4.69) is 15.4 Å². The number of ether oxygens (including phenoxy) is 2. The number of carbonyl (C=O) groups excluding carboxylic acids is 3.